The minimum atomic E-state index is 0.445. The van der Waals surface area contributed by atoms with Crippen LogP contribution in [0.1, 0.15) is 39.5 Å². The van der Waals surface area contributed by atoms with E-state index in [-0.39, 0.29) is 0 Å². The van der Waals surface area contributed by atoms with E-state index >= 15 is 0 Å². The Balaban J connectivity index is 2.23. The van der Waals surface area contributed by atoms with E-state index in [4.69, 9.17) is 16.3 Å². The van der Waals surface area contributed by atoms with Gasteiger partial charge < -0.3 is 4.74 Å². The van der Waals surface area contributed by atoms with E-state index in [0.29, 0.717) is 12.2 Å². The van der Waals surface area contributed by atoms with E-state index < -0.39 is 0 Å². The molecule has 2 nitrogen and oxygen atoms in total. The van der Waals surface area contributed by atoms with E-state index in [1.165, 1.54) is 25.7 Å². The number of nitrogens with zero attached hydrogens (tertiary/aromatic N) is 1. The third kappa shape index (κ3) is 5.19. The molecule has 3 heteroatoms. The largest absolute Gasteiger partial charge is 0.374 e. The number of alkyl halides is 1. The number of unbranched alkanes of at least 4 members (excludes halogenated alkanes) is 1. The van der Waals surface area contributed by atoms with Crippen molar-refractivity contribution in [1.29, 1.82) is 0 Å². The lowest BCUT2D eigenvalue weighted by Crippen LogP contribution is -2.34. The molecule has 0 aromatic carbocycles. The van der Waals surface area contributed by atoms with Crippen LogP contribution in [0.3, 0.4) is 0 Å². The van der Waals surface area contributed by atoms with Gasteiger partial charge in [0, 0.05) is 19.0 Å². The van der Waals surface area contributed by atoms with Gasteiger partial charge in [0.15, 0.2) is 0 Å². The zero-order valence-corrected chi connectivity index (χ0v) is 10.8. The molecule has 0 aromatic heterocycles. The summed E-state index contributed by atoms with van der Waals surface area (Å²) in [6.45, 7) is 7.62. The lowest BCUT2D eigenvalue weighted by Gasteiger charge is -2.24. The first kappa shape index (κ1) is 13.3. The average Bonchev–Trinajstić information content (AvgIpc) is 2.61. The zero-order chi connectivity index (χ0) is 11.1. The average molecular weight is 234 g/mol. The summed E-state index contributed by atoms with van der Waals surface area (Å²) < 4.78 is 5.83. The predicted molar refractivity (Wildman–Crippen MR) is 65.6 cm³/mol. The lowest BCUT2D eigenvalue weighted by molar-refractivity contribution is 0.0324. The first-order valence-corrected chi connectivity index (χ1v) is 6.73. The fourth-order valence-corrected chi connectivity index (χ4v) is 2.34. The van der Waals surface area contributed by atoms with Gasteiger partial charge in [0.1, 0.15) is 0 Å². The van der Waals surface area contributed by atoms with Crippen LogP contribution in [0, 0.1) is 0 Å². The van der Waals surface area contributed by atoms with Crippen molar-refractivity contribution in [3.05, 3.63) is 0 Å². The van der Waals surface area contributed by atoms with Gasteiger partial charge in [-0.3, -0.25) is 4.90 Å². The van der Waals surface area contributed by atoms with Crippen LogP contribution in [-0.4, -0.2) is 42.6 Å². The molecule has 1 rings (SSSR count). The van der Waals surface area contributed by atoms with Crippen LogP contribution in [-0.2, 0) is 4.74 Å². The molecule has 15 heavy (non-hydrogen) atoms. The molecular formula is C12H24ClNO. The zero-order valence-electron chi connectivity index (χ0n) is 10.0. The van der Waals surface area contributed by atoms with Gasteiger partial charge in [-0.25, -0.2) is 0 Å². The number of hydrogen-bond donors (Lipinski definition) is 0. The number of hydrogen-bond acceptors (Lipinski definition) is 2. The van der Waals surface area contributed by atoms with Crippen LogP contribution in [0.2, 0.25) is 0 Å². The van der Waals surface area contributed by atoms with Gasteiger partial charge in [-0.15, -0.1) is 11.6 Å². The van der Waals surface area contributed by atoms with Gasteiger partial charge in [-0.2, -0.15) is 0 Å². The molecule has 0 spiro atoms. The van der Waals surface area contributed by atoms with Gasteiger partial charge in [0.2, 0.25) is 0 Å². The maximum Gasteiger partial charge on any atom is 0.0706 e. The van der Waals surface area contributed by atoms with Crippen molar-refractivity contribution < 1.29 is 4.74 Å². The highest BCUT2D eigenvalue weighted by atomic mass is 35.5. The van der Waals surface area contributed by atoms with Crippen LogP contribution in [0.25, 0.3) is 0 Å². The quantitative estimate of drug-likeness (QED) is 0.627. The molecule has 0 aromatic rings. The van der Waals surface area contributed by atoms with Crippen molar-refractivity contribution in [2.75, 3.05) is 25.5 Å². The molecule has 1 saturated heterocycles. The molecule has 0 amide bonds. The third-order valence-corrected chi connectivity index (χ3v) is 3.18. The number of ether oxygens (including phenoxy) is 1. The summed E-state index contributed by atoms with van der Waals surface area (Å²) in [5.41, 5.74) is 0. The maximum atomic E-state index is 5.83. The van der Waals surface area contributed by atoms with Crippen LogP contribution in [0.4, 0.5) is 0 Å². The first-order valence-electron chi connectivity index (χ1n) is 6.20. The van der Waals surface area contributed by atoms with Gasteiger partial charge in [0.05, 0.1) is 12.2 Å². The van der Waals surface area contributed by atoms with E-state index in [0.717, 1.165) is 25.5 Å². The van der Waals surface area contributed by atoms with Gasteiger partial charge >= 0.3 is 0 Å². The number of halogens is 1. The Morgan fingerprint density at radius 2 is 2.13 bits per heavy atom. The minimum absolute atomic E-state index is 0.445. The summed E-state index contributed by atoms with van der Waals surface area (Å²) in [6.07, 6.45) is 5.85. The first-order chi connectivity index (χ1) is 7.26. The predicted octanol–water partition coefficient (Wildman–Crippen LogP) is 2.89. The molecule has 0 saturated carbocycles. The lowest BCUT2D eigenvalue weighted by atomic mass is 10.2. The highest BCUT2D eigenvalue weighted by Crippen LogP contribution is 2.19. The molecule has 0 radical (unpaired) electrons. The molecule has 1 heterocycles. The Morgan fingerprint density at radius 1 is 1.33 bits per heavy atom. The Hall–Kier alpha value is 0.210. The Bertz CT molecular complexity index is 166. The third-order valence-electron chi connectivity index (χ3n) is 3.01. The Kier molecular flexibility index (Phi) is 6.62. The van der Waals surface area contributed by atoms with Crippen molar-refractivity contribution in [3.8, 4) is 0 Å². The molecule has 1 fully saturated rings. The second kappa shape index (κ2) is 7.48. The second-order valence-electron chi connectivity index (χ2n) is 4.49. The normalized spacial score (nSPS) is 26.4. The SMILES string of the molecule is CCCCN(CCCl)CC1CCC(C)O1. The van der Waals surface area contributed by atoms with Crippen molar-refractivity contribution in [3.63, 3.8) is 0 Å². The highest BCUT2D eigenvalue weighted by molar-refractivity contribution is 6.18. The summed E-state index contributed by atoms with van der Waals surface area (Å²) >= 11 is 5.81. The van der Waals surface area contributed by atoms with Crippen molar-refractivity contribution in [2.24, 2.45) is 0 Å². The Morgan fingerprint density at radius 3 is 2.67 bits per heavy atom. The van der Waals surface area contributed by atoms with Crippen LogP contribution < -0.4 is 0 Å². The smallest absolute Gasteiger partial charge is 0.0706 e. The molecular weight excluding hydrogens is 210 g/mol. The summed E-state index contributed by atoms with van der Waals surface area (Å²) in [4.78, 5) is 2.44. The molecule has 0 aliphatic carbocycles. The van der Waals surface area contributed by atoms with Crippen LogP contribution in [0.5, 0.6) is 0 Å². The van der Waals surface area contributed by atoms with Crippen LogP contribution in [0.15, 0.2) is 0 Å². The van der Waals surface area contributed by atoms with E-state index in [2.05, 4.69) is 18.7 Å². The number of rotatable bonds is 7. The van der Waals surface area contributed by atoms with Crippen molar-refractivity contribution >= 4 is 11.6 Å². The van der Waals surface area contributed by atoms with Crippen molar-refractivity contribution in [2.45, 2.75) is 51.7 Å². The second-order valence-corrected chi connectivity index (χ2v) is 4.87. The van der Waals surface area contributed by atoms with Gasteiger partial charge in [-0.05, 0) is 32.7 Å². The Labute approximate surface area is 98.9 Å². The van der Waals surface area contributed by atoms with Crippen molar-refractivity contribution in [1.82, 2.24) is 4.90 Å². The molecule has 2 atom stereocenters. The summed E-state index contributed by atoms with van der Waals surface area (Å²) in [5, 5.41) is 0. The summed E-state index contributed by atoms with van der Waals surface area (Å²) in [6, 6.07) is 0. The summed E-state index contributed by atoms with van der Waals surface area (Å²) in [5.74, 6) is 0.728. The maximum absolute atomic E-state index is 5.83. The molecule has 1 aliphatic rings. The highest BCUT2D eigenvalue weighted by Gasteiger charge is 2.23. The minimum Gasteiger partial charge on any atom is -0.374 e. The monoisotopic (exact) mass is 233 g/mol. The molecule has 0 N–H and O–H groups in total. The molecule has 1 aliphatic heterocycles. The van der Waals surface area contributed by atoms with Gasteiger partial charge in [-0.1, -0.05) is 13.3 Å². The van der Waals surface area contributed by atoms with Gasteiger partial charge in [0.25, 0.3) is 0 Å². The standard InChI is InChI=1S/C12H24ClNO/c1-3-4-8-14(9-7-13)10-12-6-5-11(2)15-12/h11-12H,3-10H2,1-2H3. The molecule has 90 valence electrons. The fraction of sp³-hybridized carbons (Fsp3) is 1.00. The molecule has 0 bridgehead atoms. The topological polar surface area (TPSA) is 12.5 Å². The fourth-order valence-electron chi connectivity index (χ4n) is 2.10. The summed E-state index contributed by atoms with van der Waals surface area (Å²) in [7, 11) is 0. The van der Waals surface area contributed by atoms with Crippen LogP contribution >= 0.6 is 11.6 Å². The van der Waals surface area contributed by atoms with E-state index in [1.807, 2.05) is 0 Å². The van der Waals surface area contributed by atoms with E-state index in [1.54, 1.807) is 0 Å². The molecule has 2 unspecified atom stereocenters. The van der Waals surface area contributed by atoms with E-state index in [9.17, 15) is 0 Å².